The van der Waals surface area contributed by atoms with E-state index in [1.165, 1.54) is 12.3 Å². The molecule has 49 heavy (non-hydrogen) atoms. The quantitative estimate of drug-likeness (QED) is 0.297. The molecule has 3 aromatic rings. The summed E-state index contributed by atoms with van der Waals surface area (Å²) in [7, 11) is 0. The zero-order chi connectivity index (χ0) is 35.1. The molecule has 0 aliphatic carbocycles. The van der Waals surface area contributed by atoms with Gasteiger partial charge in [0.25, 0.3) is 5.91 Å². The summed E-state index contributed by atoms with van der Waals surface area (Å²) in [6.07, 6.45) is 2.06. The number of alkyl carbamates (subject to hydrolysis) is 1. The van der Waals surface area contributed by atoms with Gasteiger partial charge in [-0.15, -0.1) is 0 Å². The van der Waals surface area contributed by atoms with E-state index in [2.05, 4.69) is 50.1 Å². The standard InChI is InChI=1S/C38H48FN7O3/c1-27-21-29(10-8-14-41-37(48)49-38(3,4)5)33(36(47)46-20-19-45(25-28(46)2)35-13-12-32(39)24-42-35)22-31(27)26-43-15-17-44(18-16-43)34-11-7-6-9-30(34)23-40/h6-7,9,11-13,21-22,24,28H,8,10,14-20,25-26H2,1-5H3,(H,41,48)/t28-/m1/s1. The largest absolute Gasteiger partial charge is 0.444 e. The van der Waals surface area contributed by atoms with Gasteiger partial charge in [-0.05, 0) is 94.5 Å². The highest BCUT2D eigenvalue weighted by atomic mass is 19.1. The number of nitriles is 1. The van der Waals surface area contributed by atoms with Crippen molar-refractivity contribution in [2.75, 3.05) is 62.2 Å². The van der Waals surface area contributed by atoms with Gasteiger partial charge < -0.3 is 24.8 Å². The summed E-state index contributed by atoms with van der Waals surface area (Å²) in [4.78, 5) is 39.5. The Morgan fingerprint density at radius 1 is 1.02 bits per heavy atom. The second-order valence-electron chi connectivity index (χ2n) is 14.0. The molecule has 0 unspecified atom stereocenters. The summed E-state index contributed by atoms with van der Waals surface area (Å²) in [5.74, 6) is 0.321. The number of halogens is 1. The minimum absolute atomic E-state index is 0.00602. The molecule has 3 heterocycles. The highest BCUT2D eigenvalue weighted by Gasteiger charge is 2.31. The van der Waals surface area contributed by atoms with Gasteiger partial charge in [0.1, 0.15) is 23.3 Å². The molecule has 0 radical (unpaired) electrons. The lowest BCUT2D eigenvalue weighted by Crippen LogP contribution is -2.54. The molecule has 10 nitrogen and oxygen atoms in total. The van der Waals surface area contributed by atoms with Gasteiger partial charge >= 0.3 is 6.09 Å². The van der Waals surface area contributed by atoms with Gasteiger partial charge in [-0.2, -0.15) is 5.26 Å². The first-order valence-electron chi connectivity index (χ1n) is 17.1. The van der Waals surface area contributed by atoms with Crippen LogP contribution >= 0.6 is 0 Å². The van der Waals surface area contributed by atoms with Gasteiger partial charge in [0.2, 0.25) is 0 Å². The number of piperazine rings is 2. The lowest BCUT2D eigenvalue weighted by Gasteiger charge is -2.41. The Morgan fingerprint density at radius 2 is 1.76 bits per heavy atom. The Balaban J connectivity index is 1.30. The molecule has 2 saturated heterocycles. The van der Waals surface area contributed by atoms with Gasteiger partial charge in [-0.25, -0.2) is 14.2 Å². The number of para-hydroxylation sites is 1. The summed E-state index contributed by atoms with van der Waals surface area (Å²) in [5, 5.41) is 12.4. The molecule has 2 aliphatic heterocycles. The van der Waals surface area contributed by atoms with E-state index in [1.54, 1.807) is 6.07 Å². The maximum Gasteiger partial charge on any atom is 0.407 e. The number of anilines is 2. The third-order valence-corrected chi connectivity index (χ3v) is 9.14. The Hall–Kier alpha value is -4.69. The van der Waals surface area contributed by atoms with Crippen molar-refractivity contribution in [1.82, 2.24) is 20.1 Å². The van der Waals surface area contributed by atoms with Crippen molar-refractivity contribution in [2.24, 2.45) is 0 Å². The van der Waals surface area contributed by atoms with Crippen molar-refractivity contribution in [3.05, 3.63) is 88.4 Å². The molecule has 2 aromatic carbocycles. The van der Waals surface area contributed by atoms with Crippen molar-refractivity contribution < 1.29 is 18.7 Å². The zero-order valence-corrected chi connectivity index (χ0v) is 29.3. The monoisotopic (exact) mass is 669 g/mol. The Labute approximate surface area is 289 Å². The smallest absolute Gasteiger partial charge is 0.407 e. The van der Waals surface area contributed by atoms with Crippen LogP contribution in [0, 0.1) is 24.1 Å². The number of hydrogen-bond donors (Lipinski definition) is 1. The van der Waals surface area contributed by atoms with E-state index >= 15 is 0 Å². The van der Waals surface area contributed by atoms with E-state index in [9.17, 15) is 19.2 Å². The zero-order valence-electron chi connectivity index (χ0n) is 29.3. The molecule has 260 valence electrons. The number of carbonyl (C=O) groups is 2. The van der Waals surface area contributed by atoms with E-state index in [1.807, 2.05) is 56.9 Å². The van der Waals surface area contributed by atoms with Crippen LogP contribution in [-0.2, 0) is 17.7 Å². The third kappa shape index (κ3) is 9.27. The first-order chi connectivity index (χ1) is 23.4. The first kappa shape index (κ1) is 35.6. The van der Waals surface area contributed by atoms with Crippen LogP contribution in [0.3, 0.4) is 0 Å². The summed E-state index contributed by atoms with van der Waals surface area (Å²) in [6, 6.07) is 17.3. The molecule has 1 N–H and O–H groups in total. The Morgan fingerprint density at radius 3 is 2.43 bits per heavy atom. The van der Waals surface area contributed by atoms with Crippen LogP contribution in [0.2, 0.25) is 0 Å². The lowest BCUT2D eigenvalue weighted by molar-refractivity contribution is 0.0526. The fourth-order valence-electron chi connectivity index (χ4n) is 6.58. The number of benzene rings is 2. The number of pyridine rings is 1. The van der Waals surface area contributed by atoms with Gasteiger partial charge in [0.15, 0.2) is 0 Å². The molecule has 0 bridgehead atoms. The van der Waals surface area contributed by atoms with Crippen LogP contribution in [0.5, 0.6) is 0 Å². The average molecular weight is 670 g/mol. The Kier molecular flexibility index (Phi) is 11.4. The van der Waals surface area contributed by atoms with Crippen molar-refractivity contribution in [2.45, 2.75) is 65.6 Å². The van der Waals surface area contributed by atoms with Crippen LogP contribution in [0.25, 0.3) is 0 Å². The molecule has 2 fully saturated rings. The number of ether oxygens (including phenoxy) is 1. The maximum atomic E-state index is 14.3. The average Bonchev–Trinajstić information content (AvgIpc) is 3.07. The number of nitrogens with one attached hydrogen (secondary N) is 1. The fourth-order valence-corrected chi connectivity index (χ4v) is 6.58. The van der Waals surface area contributed by atoms with Crippen molar-refractivity contribution in [3.63, 3.8) is 0 Å². The highest BCUT2D eigenvalue weighted by molar-refractivity contribution is 5.96. The number of aryl methyl sites for hydroxylation is 2. The van der Waals surface area contributed by atoms with E-state index in [0.717, 1.165) is 55.1 Å². The number of hydrogen-bond acceptors (Lipinski definition) is 8. The molecule has 2 aliphatic rings. The van der Waals surface area contributed by atoms with Gasteiger partial charge in [0.05, 0.1) is 17.4 Å². The predicted octanol–water partition coefficient (Wildman–Crippen LogP) is 5.53. The summed E-state index contributed by atoms with van der Waals surface area (Å²) in [5.41, 5.74) is 5.00. The van der Waals surface area contributed by atoms with Crippen LogP contribution in [0.4, 0.5) is 20.7 Å². The third-order valence-electron chi connectivity index (χ3n) is 9.14. The SMILES string of the molecule is Cc1cc(CCCNC(=O)OC(C)(C)C)c(C(=O)N2CCN(c3ccc(F)cn3)C[C@H]2C)cc1CN1CCN(c2ccccc2C#N)CC1. The molecular formula is C38H48FN7O3. The summed E-state index contributed by atoms with van der Waals surface area (Å²) in [6.45, 7) is 15.8. The minimum Gasteiger partial charge on any atom is -0.444 e. The molecule has 5 rings (SSSR count). The van der Waals surface area contributed by atoms with Gasteiger partial charge in [0, 0.05) is 70.5 Å². The van der Waals surface area contributed by atoms with E-state index in [4.69, 9.17) is 4.74 Å². The summed E-state index contributed by atoms with van der Waals surface area (Å²) < 4.78 is 18.9. The number of rotatable bonds is 9. The minimum atomic E-state index is -0.572. The van der Waals surface area contributed by atoms with E-state index < -0.39 is 11.7 Å². The normalized spacial score (nSPS) is 17.1. The Bertz CT molecular complexity index is 1660. The number of nitrogens with zero attached hydrogens (tertiary/aromatic N) is 6. The number of aromatic nitrogens is 1. The van der Waals surface area contributed by atoms with Crippen LogP contribution in [-0.4, -0.2) is 90.8 Å². The first-order valence-corrected chi connectivity index (χ1v) is 17.1. The van der Waals surface area contributed by atoms with E-state index in [0.29, 0.717) is 56.0 Å². The molecular weight excluding hydrogens is 621 g/mol. The molecule has 1 aromatic heterocycles. The van der Waals surface area contributed by atoms with Crippen molar-refractivity contribution >= 4 is 23.5 Å². The van der Waals surface area contributed by atoms with Gasteiger partial charge in [-0.3, -0.25) is 9.69 Å². The van der Waals surface area contributed by atoms with Crippen LogP contribution in [0.1, 0.15) is 66.7 Å². The lowest BCUT2D eigenvalue weighted by atomic mass is 9.94. The second kappa shape index (κ2) is 15.7. The molecule has 1 atom stereocenters. The highest BCUT2D eigenvalue weighted by Crippen LogP contribution is 2.26. The van der Waals surface area contributed by atoms with Crippen molar-refractivity contribution in [1.29, 1.82) is 5.26 Å². The number of amides is 2. The predicted molar refractivity (Wildman–Crippen MR) is 189 cm³/mol. The number of carbonyl (C=O) groups excluding carboxylic acids is 2. The molecule has 0 saturated carbocycles. The molecule has 11 heteroatoms. The molecule has 2 amide bonds. The topological polar surface area (TPSA) is 105 Å². The van der Waals surface area contributed by atoms with Crippen LogP contribution in [0.15, 0.2) is 54.7 Å². The van der Waals surface area contributed by atoms with Crippen LogP contribution < -0.4 is 15.1 Å². The fraction of sp³-hybridized carbons (Fsp3) is 0.474. The maximum absolute atomic E-state index is 14.3. The molecule has 0 spiro atoms. The van der Waals surface area contributed by atoms with Crippen molar-refractivity contribution in [3.8, 4) is 6.07 Å². The van der Waals surface area contributed by atoms with E-state index in [-0.39, 0.29) is 17.8 Å². The van der Waals surface area contributed by atoms with Gasteiger partial charge in [-0.1, -0.05) is 18.2 Å². The summed E-state index contributed by atoms with van der Waals surface area (Å²) >= 11 is 0. The second-order valence-corrected chi connectivity index (χ2v) is 14.0.